The molecular formula is C13H21Cl2N3O. The fourth-order valence-corrected chi connectivity index (χ4v) is 2.12. The zero-order chi connectivity index (χ0) is 14.3. The van der Waals surface area contributed by atoms with E-state index in [4.69, 9.17) is 28.3 Å². The fourth-order valence-electron chi connectivity index (χ4n) is 1.63. The van der Waals surface area contributed by atoms with E-state index in [0.717, 1.165) is 25.9 Å². The first-order valence-electron chi connectivity index (χ1n) is 6.53. The molecule has 0 amide bonds. The molecule has 0 spiro atoms. The number of rotatable bonds is 8. The molecule has 0 aliphatic heterocycles. The number of anilines is 2. The molecule has 1 unspecified atom stereocenters. The maximum atomic E-state index is 8.94. The van der Waals surface area contributed by atoms with E-state index in [1.165, 1.54) is 0 Å². The van der Waals surface area contributed by atoms with Crippen LogP contribution in [0.5, 0.6) is 0 Å². The lowest BCUT2D eigenvalue weighted by Crippen LogP contribution is -2.09. The Balaban J connectivity index is 2.55. The predicted molar refractivity (Wildman–Crippen MR) is 82.4 cm³/mol. The van der Waals surface area contributed by atoms with Crippen LogP contribution in [0, 0.1) is 5.92 Å². The van der Waals surface area contributed by atoms with Crippen molar-refractivity contribution in [1.82, 2.24) is 4.98 Å². The molecule has 108 valence electrons. The van der Waals surface area contributed by atoms with Crippen molar-refractivity contribution < 1.29 is 5.11 Å². The number of nitrogens with zero attached hydrogens (tertiary/aromatic N) is 1. The highest BCUT2D eigenvalue weighted by molar-refractivity contribution is 6.37. The van der Waals surface area contributed by atoms with Gasteiger partial charge in [-0.15, -0.1) is 0 Å². The number of aliphatic hydroxyl groups excluding tert-OH is 1. The van der Waals surface area contributed by atoms with E-state index >= 15 is 0 Å². The Morgan fingerprint density at radius 2 is 1.89 bits per heavy atom. The molecule has 1 atom stereocenters. The van der Waals surface area contributed by atoms with Gasteiger partial charge >= 0.3 is 0 Å². The summed E-state index contributed by atoms with van der Waals surface area (Å²) >= 11 is 12.1. The van der Waals surface area contributed by atoms with E-state index in [9.17, 15) is 0 Å². The van der Waals surface area contributed by atoms with Gasteiger partial charge in [-0.3, -0.25) is 0 Å². The van der Waals surface area contributed by atoms with Crippen LogP contribution in [0.25, 0.3) is 0 Å². The van der Waals surface area contributed by atoms with E-state index < -0.39 is 0 Å². The number of nitrogens with one attached hydrogen (secondary N) is 2. The molecular weight excluding hydrogens is 285 g/mol. The van der Waals surface area contributed by atoms with Gasteiger partial charge in [-0.25, -0.2) is 4.98 Å². The Labute approximate surface area is 124 Å². The molecule has 0 aliphatic rings. The topological polar surface area (TPSA) is 57.2 Å². The second kappa shape index (κ2) is 8.46. The second-order valence-corrected chi connectivity index (χ2v) is 5.35. The Hall–Kier alpha value is -0.710. The highest BCUT2D eigenvalue weighted by Crippen LogP contribution is 2.29. The van der Waals surface area contributed by atoms with Crippen LogP contribution in [0.1, 0.15) is 26.7 Å². The van der Waals surface area contributed by atoms with Crippen LogP contribution in [0.15, 0.2) is 6.07 Å². The third-order valence-electron chi connectivity index (χ3n) is 2.75. The Morgan fingerprint density at radius 3 is 2.47 bits per heavy atom. The molecule has 19 heavy (non-hydrogen) atoms. The maximum absolute atomic E-state index is 8.94. The average molecular weight is 306 g/mol. The highest BCUT2D eigenvalue weighted by Gasteiger charge is 2.08. The summed E-state index contributed by atoms with van der Waals surface area (Å²) in [6.45, 7) is 5.75. The molecule has 0 saturated heterocycles. The zero-order valence-corrected chi connectivity index (χ0v) is 12.9. The molecule has 0 saturated carbocycles. The predicted octanol–water partition coefficient (Wildman–Crippen LogP) is 3.64. The van der Waals surface area contributed by atoms with Crippen molar-refractivity contribution in [2.45, 2.75) is 26.7 Å². The summed E-state index contributed by atoms with van der Waals surface area (Å²) in [5, 5.41) is 16.3. The molecule has 0 aliphatic carbocycles. The first-order valence-corrected chi connectivity index (χ1v) is 7.28. The standard InChI is InChI=1S/C13H21Cl2N3O/c1-3-16-12-10(14)7-11(15)13(18-12)17-6-4-5-9(2)8-19/h7,9,19H,3-6,8H2,1-2H3,(H2,16,17,18). The summed E-state index contributed by atoms with van der Waals surface area (Å²) in [6.07, 6.45) is 1.92. The summed E-state index contributed by atoms with van der Waals surface area (Å²) < 4.78 is 0. The van der Waals surface area contributed by atoms with Gasteiger partial charge in [-0.2, -0.15) is 0 Å². The van der Waals surface area contributed by atoms with E-state index in [-0.39, 0.29) is 6.61 Å². The molecule has 1 aromatic heterocycles. The summed E-state index contributed by atoms with van der Waals surface area (Å²) in [5.74, 6) is 1.60. The summed E-state index contributed by atoms with van der Waals surface area (Å²) in [4.78, 5) is 4.36. The first-order chi connectivity index (χ1) is 9.08. The molecule has 4 nitrogen and oxygen atoms in total. The number of hydrogen-bond donors (Lipinski definition) is 3. The Bertz CT molecular complexity index is 402. The summed E-state index contributed by atoms with van der Waals surface area (Å²) in [6, 6.07) is 1.69. The van der Waals surface area contributed by atoms with E-state index in [1.54, 1.807) is 6.07 Å². The Morgan fingerprint density at radius 1 is 1.26 bits per heavy atom. The van der Waals surface area contributed by atoms with Crippen molar-refractivity contribution in [3.05, 3.63) is 16.1 Å². The van der Waals surface area contributed by atoms with Gasteiger partial charge in [0.05, 0.1) is 10.0 Å². The minimum absolute atomic E-state index is 0.227. The van der Waals surface area contributed by atoms with Crippen LogP contribution in [-0.4, -0.2) is 29.8 Å². The molecule has 1 heterocycles. The maximum Gasteiger partial charge on any atom is 0.147 e. The lowest BCUT2D eigenvalue weighted by molar-refractivity contribution is 0.229. The molecule has 6 heteroatoms. The molecule has 0 fully saturated rings. The van der Waals surface area contributed by atoms with Crippen molar-refractivity contribution in [2.75, 3.05) is 30.3 Å². The lowest BCUT2D eigenvalue weighted by Gasteiger charge is -2.12. The second-order valence-electron chi connectivity index (χ2n) is 4.54. The molecule has 0 bridgehead atoms. The van der Waals surface area contributed by atoms with Crippen molar-refractivity contribution in [3.8, 4) is 0 Å². The van der Waals surface area contributed by atoms with Gasteiger partial charge in [0, 0.05) is 19.7 Å². The van der Waals surface area contributed by atoms with Crippen molar-refractivity contribution in [3.63, 3.8) is 0 Å². The van der Waals surface area contributed by atoms with Gasteiger partial charge in [-0.05, 0) is 31.7 Å². The van der Waals surface area contributed by atoms with Gasteiger partial charge in [0.15, 0.2) is 0 Å². The van der Waals surface area contributed by atoms with E-state index in [2.05, 4.69) is 15.6 Å². The third-order valence-corrected chi connectivity index (χ3v) is 3.33. The van der Waals surface area contributed by atoms with Gasteiger partial charge in [-0.1, -0.05) is 30.1 Å². The summed E-state index contributed by atoms with van der Waals surface area (Å²) in [7, 11) is 0. The molecule has 1 aromatic rings. The van der Waals surface area contributed by atoms with Gasteiger partial charge in [0.25, 0.3) is 0 Å². The highest BCUT2D eigenvalue weighted by atomic mass is 35.5. The van der Waals surface area contributed by atoms with Gasteiger partial charge in [0.2, 0.25) is 0 Å². The number of pyridine rings is 1. The molecule has 3 N–H and O–H groups in total. The van der Waals surface area contributed by atoms with Gasteiger partial charge in [0.1, 0.15) is 11.6 Å². The van der Waals surface area contributed by atoms with Crippen LogP contribution in [0.4, 0.5) is 11.6 Å². The number of halogens is 2. The minimum Gasteiger partial charge on any atom is -0.396 e. The van der Waals surface area contributed by atoms with Crippen LogP contribution in [0.3, 0.4) is 0 Å². The number of aromatic nitrogens is 1. The van der Waals surface area contributed by atoms with Gasteiger partial charge < -0.3 is 15.7 Å². The normalized spacial score (nSPS) is 12.3. The third kappa shape index (κ3) is 5.43. The lowest BCUT2D eigenvalue weighted by atomic mass is 10.1. The fraction of sp³-hybridized carbons (Fsp3) is 0.615. The monoisotopic (exact) mass is 305 g/mol. The smallest absolute Gasteiger partial charge is 0.147 e. The van der Waals surface area contributed by atoms with Crippen LogP contribution in [-0.2, 0) is 0 Å². The number of aliphatic hydroxyl groups is 1. The van der Waals surface area contributed by atoms with Crippen LogP contribution < -0.4 is 10.6 Å². The quantitative estimate of drug-likeness (QED) is 0.642. The SMILES string of the molecule is CCNc1nc(NCCCC(C)CO)c(Cl)cc1Cl. The molecule has 0 aromatic carbocycles. The Kier molecular flexibility index (Phi) is 7.28. The van der Waals surface area contributed by atoms with Crippen LogP contribution in [0.2, 0.25) is 10.0 Å². The van der Waals surface area contributed by atoms with Crippen molar-refractivity contribution >= 4 is 34.8 Å². The minimum atomic E-state index is 0.227. The number of hydrogen-bond acceptors (Lipinski definition) is 4. The van der Waals surface area contributed by atoms with Crippen molar-refractivity contribution in [2.24, 2.45) is 5.92 Å². The summed E-state index contributed by atoms with van der Waals surface area (Å²) in [5.41, 5.74) is 0. The average Bonchev–Trinajstić information content (AvgIpc) is 2.39. The van der Waals surface area contributed by atoms with Crippen LogP contribution >= 0.6 is 23.2 Å². The molecule has 1 rings (SSSR count). The zero-order valence-electron chi connectivity index (χ0n) is 11.3. The first kappa shape index (κ1) is 16.3. The van der Waals surface area contributed by atoms with E-state index in [1.807, 2.05) is 13.8 Å². The van der Waals surface area contributed by atoms with Crippen molar-refractivity contribution in [1.29, 1.82) is 0 Å². The largest absolute Gasteiger partial charge is 0.396 e. The van der Waals surface area contributed by atoms with E-state index in [0.29, 0.717) is 27.6 Å². The molecule has 0 radical (unpaired) electrons.